The molecule has 0 atom stereocenters. The lowest BCUT2D eigenvalue weighted by Gasteiger charge is -2.04. The third kappa shape index (κ3) is 4.75. The molecule has 0 saturated heterocycles. The van der Waals surface area contributed by atoms with E-state index in [1.165, 1.54) is 17.4 Å². The molecule has 1 N–H and O–H groups in total. The van der Waals surface area contributed by atoms with Crippen molar-refractivity contribution in [1.29, 1.82) is 0 Å². The molecule has 0 aliphatic carbocycles. The van der Waals surface area contributed by atoms with Crippen LogP contribution in [0.4, 0.5) is 5.13 Å². The molecule has 0 spiro atoms. The number of thiazole rings is 1. The van der Waals surface area contributed by atoms with Crippen molar-refractivity contribution in [3.8, 4) is 22.8 Å². The van der Waals surface area contributed by atoms with Gasteiger partial charge in [0.25, 0.3) is 0 Å². The van der Waals surface area contributed by atoms with Crippen LogP contribution in [0, 0.1) is 0 Å². The van der Waals surface area contributed by atoms with Gasteiger partial charge in [-0.25, -0.2) is 4.98 Å². The molecule has 0 fully saturated rings. The Morgan fingerprint density at radius 3 is 2.67 bits per heavy atom. The van der Waals surface area contributed by atoms with Crippen molar-refractivity contribution in [1.82, 2.24) is 4.98 Å². The minimum absolute atomic E-state index is 0.247. The predicted molar refractivity (Wildman–Crippen MR) is 112 cm³/mol. The number of para-hydroxylation sites is 1. The van der Waals surface area contributed by atoms with Crippen molar-refractivity contribution >= 4 is 44.4 Å². The molecule has 138 valence electrons. The molecular weight excluding hydrogens is 428 g/mol. The van der Waals surface area contributed by atoms with E-state index in [9.17, 15) is 4.79 Å². The van der Waals surface area contributed by atoms with E-state index in [4.69, 9.17) is 9.47 Å². The SMILES string of the molecule is COc1ccc(/C=C/C(=O)Nc2nc(-c3ccccc3OC)cs2)cc1Br. The number of rotatable bonds is 6. The average molecular weight is 445 g/mol. The molecule has 0 saturated carbocycles. The van der Waals surface area contributed by atoms with Crippen LogP contribution in [0.25, 0.3) is 17.3 Å². The number of anilines is 1. The number of hydrogen-bond donors (Lipinski definition) is 1. The average Bonchev–Trinajstić information content (AvgIpc) is 3.14. The fourth-order valence-electron chi connectivity index (χ4n) is 2.42. The highest BCUT2D eigenvalue weighted by atomic mass is 79.9. The fraction of sp³-hybridized carbons (Fsp3) is 0.100. The number of halogens is 1. The summed E-state index contributed by atoms with van der Waals surface area (Å²) in [5, 5.41) is 5.20. The zero-order chi connectivity index (χ0) is 19.2. The van der Waals surface area contributed by atoms with Crippen LogP contribution in [-0.2, 0) is 4.79 Å². The highest BCUT2D eigenvalue weighted by molar-refractivity contribution is 9.10. The van der Waals surface area contributed by atoms with Crippen molar-refractivity contribution in [2.24, 2.45) is 0 Å². The fourth-order valence-corrected chi connectivity index (χ4v) is 3.69. The number of ether oxygens (including phenoxy) is 2. The van der Waals surface area contributed by atoms with Crippen LogP contribution >= 0.6 is 27.3 Å². The Kier molecular flexibility index (Phi) is 6.26. The van der Waals surface area contributed by atoms with Gasteiger partial charge >= 0.3 is 0 Å². The quantitative estimate of drug-likeness (QED) is 0.527. The standard InChI is InChI=1S/C20H17BrN2O3S/c1-25-17-6-4-3-5-14(17)16-12-27-20(22-16)23-19(24)10-8-13-7-9-18(26-2)15(21)11-13/h3-12H,1-2H3,(H,22,23,24)/b10-8+. The van der Waals surface area contributed by atoms with Crippen molar-refractivity contribution < 1.29 is 14.3 Å². The second kappa shape index (κ2) is 8.83. The summed E-state index contributed by atoms with van der Waals surface area (Å²) < 4.78 is 11.4. The van der Waals surface area contributed by atoms with Gasteiger partial charge in [0.2, 0.25) is 5.91 Å². The molecule has 1 heterocycles. The second-order valence-electron chi connectivity index (χ2n) is 5.45. The number of aromatic nitrogens is 1. The van der Waals surface area contributed by atoms with Crippen LogP contribution in [0.15, 0.2) is 58.4 Å². The van der Waals surface area contributed by atoms with Crippen LogP contribution in [0.2, 0.25) is 0 Å². The zero-order valence-corrected chi connectivity index (χ0v) is 17.1. The molecule has 1 amide bonds. The molecule has 5 nitrogen and oxygen atoms in total. The minimum atomic E-state index is -0.247. The van der Waals surface area contributed by atoms with Crippen molar-refractivity contribution in [3.05, 3.63) is 64.0 Å². The lowest BCUT2D eigenvalue weighted by Crippen LogP contribution is -2.07. The highest BCUT2D eigenvalue weighted by Gasteiger charge is 2.10. The van der Waals surface area contributed by atoms with Gasteiger partial charge in [0.05, 0.1) is 24.4 Å². The summed E-state index contributed by atoms with van der Waals surface area (Å²) >= 11 is 4.79. The molecule has 27 heavy (non-hydrogen) atoms. The topological polar surface area (TPSA) is 60.5 Å². The lowest BCUT2D eigenvalue weighted by atomic mass is 10.1. The number of carbonyl (C=O) groups excluding carboxylic acids is 1. The molecule has 3 aromatic rings. The Bertz CT molecular complexity index is 985. The first-order valence-electron chi connectivity index (χ1n) is 8.02. The molecule has 1 aromatic heterocycles. The number of amides is 1. The van der Waals surface area contributed by atoms with E-state index in [0.717, 1.165) is 32.8 Å². The molecule has 0 aliphatic rings. The summed E-state index contributed by atoms with van der Waals surface area (Å²) in [4.78, 5) is 16.6. The normalized spacial score (nSPS) is 10.8. The van der Waals surface area contributed by atoms with Crippen molar-refractivity contribution in [3.63, 3.8) is 0 Å². The van der Waals surface area contributed by atoms with Gasteiger partial charge in [-0.1, -0.05) is 18.2 Å². The summed E-state index contributed by atoms with van der Waals surface area (Å²) in [6.07, 6.45) is 3.20. The molecule has 2 aromatic carbocycles. The Morgan fingerprint density at radius 1 is 1.15 bits per heavy atom. The zero-order valence-electron chi connectivity index (χ0n) is 14.7. The van der Waals surface area contributed by atoms with Crippen LogP contribution < -0.4 is 14.8 Å². The maximum Gasteiger partial charge on any atom is 0.250 e. The summed E-state index contributed by atoms with van der Waals surface area (Å²) in [6, 6.07) is 13.2. The lowest BCUT2D eigenvalue weighted by molar-refractivity contribution is -0.111. The van der Waals surface area contributed by atoms with E-state index in [-0.39, 0.29) is 5.91 Å². The largest absolute Gasteiger partial charge is 0.496 e. The first kappa shape index (κ1) is 19.1. The van der Waals surface area contributed by atoms with Crippen LogP contribution in [0.5, 0.6) is 11.5 Å². The van der Waals surface area contributed by atoms with Crippen molar-refractivity contribution in [2.45, 2.75) is 0 Å². The summed E-state index contributed by atoms with van der Waals surface area (Å²) in [5.41, 5.74) is 2.53. The molecule has 7 heteroatoms. The van der Waals surface area contributed by atoms with E-state index in [1.54, 1.807) is 20.3 Å². The Hall–Kier alpha value is -2.64. The van der Waals surface area contributed by atoms with Gasteiger partial charge < -0.3 is 9.47 Å². The first-order chi connectivity index (χ1) is 13.1. The van der Waals surface area contributed by atoms with Crippen LogP contribution in [0.1, 0.15) is 5.56 Å². The summed E-state index contributed by atoms with van der Waals surface area (Å²) in [7, 11) is 3.23. The van der Waals surface area contributed by atoms with Gasteiger partial charge in [0, 0.05) is 17.0 Å². The predicted octanol–water partition coefficient (Wildman–Crippen LogP) is 5.24. The van der Waals surface area contributed by atoms with Crippen LogP contribution in [0.3, 0.4) is 0 Å². The summed E-state index contributed by atoms with van der Waals surface area (Å²) in [6.45, 7) is 0. The number of carbonyl (C=O) groups is 1. The molecule has 0 bridgehead atoms. The molecular formula is C20H17BrN2O3S. The van der Waals surface area contributed by atoms with Gasteiger partial charge in [-0.05, 0) is 51.8 Å². The number of hydrogen-bond acceptors (Lipinski definition) is 5. The monoisotopic (exact) mass is 444 g/mol. The van der Waals surface area contributed by atoms with Crippen molar-refractivity contribution in [2.75, 3.05) is 19.5 Å². The maximum atomic E-state index is 12.2. The minimum Gasteiger partial charge on any atom is -0.496 e. The third-order valence-electron chi connectivity index (χ3n) is 3.72. The van der Waals surface area contributed by atoms with E-state index >= 15 is 0 Å². The van der Waals surface area contributed by atoms with Gasteiger partial charge in [-0.15, -0.1) is 11.3 Å². The third-order valence-corrected chi connectivity index (χ3v) is 5.10. The molecule has 0 radical (unpaired) electrons. The van der Waals surface area contributed by atoms with Gasteiger partial charge in [0.15, 0.2) is 5.13 Å². The van der Waals surface area contributed by atoms with Gasteiger partial charge in [-0.3, -0.25) is 10.1 Å². The van der Waals surface area contributed by atoms with E-state index in [1.807, 2.05) is 47.8 Å². The maximum absolute atomic E-state index is 12.2. The smallest absolute Gasteiger partial charge is 0.250 e. The van der Waals surface area contributed by atoms with E-state index < -0.39 is 0 Å². The van der Waals surface area contributed by atoms with E-state index in [0.29, 0.717) is 5.13 Å². The second-order valence-corrected chi connectivity index (χ2v) is 7.17. The molecule has 0 unspecified atom stereocenters. The molecule has 0 aliphatic heterocycles. The highest BCUT2D eigenvalue weighted by Crippen LogP contribution is 2.32. The van der Waals surface area contributed by atoms with Crippen LogP contribution in [-0.4, -0.2) is 25.1 Å². The Labute approximate surface area is 169 Å². The number of benzene rings is 2. The Morgan fingerprint density at radius 2 is 1.93 bits per heavy atom. The molecule has 3 rings (SSSR count). The van der Waals surface area contributed by atoms with Gasteiger partial charge in [0.1, 0.15) is 11.5 Å². The number of nitrogens with zero attached hydrogens (tertiary/aromatic N) is 1. The summed E-state index contributed by atoms with van der Waals surface area (Å²) in [5.74, 6) is 1.23. The number of nitrogens with one attached hydrogen (secondary N) is 1. The number of methoxy groups -OCH3 is 2. The Balaban J connectivity index is 1.68. The van der Waals surface area contributed by atoms with Gasteiger partial charge in [-0.2, -0.15) is 0 Å². The first-order valence-corrected chi connectivity index (χ1v) is 9.69. The van der Waals surface area contributed by atoms with E-state index in [2.05, 4.69) is 26.2 Å².